The highest BCUT2D eigenvalue weighted by Gasteiger charge is 2.28. The molecule has 0 radical (unpaired) electrons. The third-order valence-electron chi connectivity index (χ3n) is 5.09. The van der Waals surface area contributed by atoms with Crippen LogP contribution in [0.25, 0.3) is 5.69 Å². The van der Waals surface area contributed by atoms with Gasteiger partial charge in [-0.1, -0.05) is 12.1 Å². The quantitative estimate of drug-likeness (QED) is 0.439. The van der Waals surface area contributed by atoms with Crippen molar-refractivity contribution in [1.82, 2.24) is 14.3 Å². The molecule has 2 aromatic carbocycles. The molecule has 8 nitrogen and oxygen atoms in total. The largest absolute Gasteiger partial charge is 0.481 e. The lowest BCUT2D eigenvalue weighted by molar-refractivity contribution is -0.00159. The zero-order valence-electron chi connectivity index (χ0n) is 18.6. The van der Waals surface area contributed by atoms with E-state index in [2.05, 4.69) is 10.4 Å². The van der Waals surface area contributed by atoms with Crippen LogP contribution in [0, 0.1) is 18.6 Å². The molecular weight excluding hydrogens is 479 g/mol. The molecule has 35 heavy (non-hydrogen) atoms. The Morgan fingerprint density at radius 1 is 1.23 bits per heavy atom. The number of nitrogens with one attached hydrogen (secondary N) is 1. The fourth-order valence-corrected chi connectivity index (χ4v) is 3.29. The van der Waals surface area contributed by atoms with Gasteiger partial charge < -0.3 is 15.2 Å². The molecule has 0 unspecified atom stereocenters. The highest BCUT2D eigenvalue weighted by molar-refractivity contribution is 6.06. The predicted molar refractivity (Wildman–Crippen MR) is 115 cm³/mol. The minimum Gasteiger partial charge on any atom is -0.481 e. The van der Waals surface area contributed by atoms with E-state index in [-0.39, 0.29) is 18.1 Å². The van der Waals surface area contributed by atoms with Crippen molar-refractivity contribution in [3.8, 4) is 11.4 Å². The molecule has 1 atom stereocenters. The molecular formula is C22H21F5N4O4. The van der Waals surface area contributed by atoms with Crippen LogP contribution in [0.15, 0.2) is 35.1 Å². The number of anilines is 1. The number of nitrogens with zero attached hydrogens (tertiary/aromatic N) is 3. The first-order valence-corrected chi connectivity index (χ1v) is 10.3. The van der Waals surface area contributed by atoms with Gasteiger partial charge in [-0.15, -0.1) is 5.10 Å². The zero-order chi connectivity index (χ0) is 25.9. The number of aryl methyl sites for hydroxylation is 1. The highest BCUT2D eigenvalue weighted by Crippen LogP contribution is 2.29. The number of benzene rings is 2. The number of halogens is 5. The van der Waals surface area contributed by atoms with E-state index < -0.39 is 66.0 Å². The number of amides is 1. The fourth-order valence-electron chi connectivity index (χ4n) is 3.29. The lowest BCUT2D eigenvalue weighted by Gasteiger charge is -2.19. The maximum atomic E-state index is 15.1. The summed E-state index contributed by atoms with van der Waals surface area (Å²) in [6, 6.07) is 5.26. The van der Waals surface area contributed by atoms with Crippen molar-refractivity contribution in [1.29, 1.82) is 0 Å². The summed E-state index contributed by atoms with van der Waals surface area (Å²) < 4.78 is 75.4. The molecule has 1 aromatic heterocycles. The number of hydrogen-bond acceptors (Lipinski definition) is 5. The molecule has 0 aliphatic rings. The molecule has 0 aliphatic heterocycles. The Kier molecular flexibility index (Phi) is 7.89. The van der Waals surface area contributed by atoms with Gasteiger partial charge in [-0.2, -0.15) is 4.68 Å². The van der Waals surface area contributed by atoms with Crippen LogP contribution >= 0.6 is 0 Å². The molecule has 188 valence electrons. The van der Waals surface area contributed by atoms with E-state index in [9.17, 15) is 32.3 Å². The Bertz CT molecular complexity index is 1270. The van der Waals surface area contributed by atoms with Gasteiger partial charge in [0.05, 0.1) is 11.3 Å². The molecule has 0 spiro atoms. The van der Waals surface area contributed by atoms with Gasteiger partial charge in [0.15, 0.2) is 11.9 Å². The lowest BCUT2D eigenvalue weighted by Crippen LogP contribution is -2.29. The third-order valence-corrected chi connectivity index (χ3v) is 5.09. The first-order valence-electron chi connectivity index (χ1n) is 10.3. The first-order chi connectivity index (χ1) is 16.6. The van der Waals surface area contributed by atoms with E-state index >= 15 is 4.39 Å². The third kappa shape index (κ3) is 5.19. The Morgan fingerprint density at radius 2 is 1.94 bits per heavy atom. The second-order valence-electron chi connectivity index (χ2n) is 7.34. The lowest BCUT2D eigenvalue weighted by atomic mass is 10.1. The van der Waals surface area contributed by atoms with E-state index in [1.807, 2.05) is 0 Å². The van der Waals surface area contributed by atoms with Crippen molar-refractivity contribution in [3.05, 3.63) is 69.4 Å². The minimum absolute atomic E-state index is 0.0808. The minimum atomic E-state index is -3.30. The van der Waals surface area contributed by atoms with Gasteiger partial charge in [0.25, 0.3) is 12.3 Å². The molecule has 3 aromatic rings. The second kappa shape index (κ2) is 10.7. The average Bonchev–Trinajstić information content (AvgIpc) is 3.15. The van der Waals surface area contributed by atoms with E-state index in [4.69, 9.17) is 4.74 Å². The van der Waals surface area contributed by atoms with Crippen LogP contribution in [-0.2, 0) is 13.2 Å². The Labute approximate surface area is 195 Å². The Balaban J connectivity index is 2.15. The smallest absolute Gasteiger partial charge is 0.350 e. The summed E-state index contributed by atoms with van der Waals surface area (Å²) in [6.07, 6.45) is -5.62. The molecule has 0 saturated heterocycles. The second-order valence-corrected chi connectivity index (χ2v) is 7.34. The molecule has 2 N–H and O–H groups in total. The molecule has 1 amide bonds. The normalized spacial score (nSPS) is 12.1. The van der Waals surface area contributed by atoms with Crippen LogP contribution in [0.5, 0.6) is 5.75 Å². The van der Waals surface area contributed by atoms with E-state index in [0.717, 1.165) is 16.7 Å². The summed E-state index contributed by atoms with van der Waals surface area (Å²) in [7, 11) is 0. The molecule has 1 heterocycles. The van der Waals surface area contributed by atoms with Crippen LogP contribution in [0.4, 0.5) is 27.6 Å². The summed E-state index contributed by atoms with van der Waals surface area (Å²) >= 11 is 0. The topological polar surface area (TPSA) is 98.4 Å². The summed E-state index contributed by atoms with van der Waals surface area (Å²) in [6.45, 7) is 0.849. The highest BCUT2D eigenvalue weighted by atomic mass is 19.3. The standard InChI is InChI=1S/C22H21F5N4O4/c1-3-30-18(10-32)29-31(22(30)34)15-8-16(35-17(9-23)20(26)27)12(7-14(15)25)21(33)28-19-11(2)5-4-6-13(19)24/h4-8,17,20,32H,3,9-10H2,1-2H3,(H,28,33)/t17-/m0/s1. The van der Waals surface area contributed by atoms with Gasteiger partial charge in [0.1, 0.15) is 36.4 Å². The molecule has 0 bridgehead atoms. The van der Waals surface area contributed by atoms with Crippen molar-refractivity contribution in [3.63, 3.8) is 0 Å². The van der Waals surface area contributed by atoms with Crippen LogP contribution in [0.2, 0.25) is 0 Å². The summed E-state index contributed by atoms with van der Waals surface area (Å²) in [5.74, 6) is -3.92. The van der Waals surface area contributed by atoms with E-state index in [1.54, 1.807) is 6.92 Å². The van der Waals surface area contributed by atoms with Crippen molar-refractivity contribution in [2.45, 2.75) is 39.5 Å². The summed E-state index contributed by atoms with van der Waals surface area (Å²) in [5, 5.41) is 15.5. The monoisotopic (exact) mass is 500 g/mol. The molecule has 0 saturated carbocycles. The van der Waals surface area contributed by atoms with Crippen LogP contribution in [0.1, 0.15) is 28.7 Å². The van der Waals surface area contributed by atoms with E-state index in [0.29, 0.717) is 16.3 Å². The van der Waals surface area contributed by atoms with E-state index in [1.165, 1.54) is 19.1 Å². The van der Waals surface area contributed by atoms with Crippen molar-refractivity contribution in [2.24, 2.45) is 0 Å². The zero-order valence-corrected chi connectivity index (χ0v) is 18.6. The molecule has 0 aliphatic carbocycles. The van der Waals surface area contributed by atoms with Gasteiger partial charge in [-0.3, -0.25) is 9.36 Å². The SMILES string of the molecule is CCn1c(CO)nn(-c2cc(O[C@@H](CF)C(F)F)c(C(=O)Nc3c(C)cccc3F)cc2F)c1=O. The number of aromatic nitrogens is 3. The summed E-state index contributed by atoms with van der Waals surface area (Å²) in [5.41, 5.74) is -2.04. The number of rotatable bonds is 9. The van der Waals surface area contributed by atoms with Crippen molar-refractivity contribution >= 4 is 11.6 Å². The fraction of sp³-hybridized carbons (Fsp3) is 0.318. The van der Waals surface area contributed by atoms with Gasteiger partial charge in [0.2, 0.25) is 0 Å². The van der Waals surface area contributed by atoms with Gasteiger partial charge in [-0.05, 0) is 31.5 Å². The number of hydrogen-bond donors (Lipinski definition) is 2. The predicted octanol–water partition coefficient (Wildman–Crippen LogP) is 3.37. The maximum absolute atomic E-state index is 15.1. The number of alkyl halides is 3. The average molecular weight is 500 g/mol. The molecule has 3 rings (SSSR count). The number of carbonyl (C=O) groups excluding carboxylic acids is 1. The number of para-hydroxylation sites is 1. The maximum Gasteiger partial charge on any atom is 0.350 e. The van der Waals surface area contributed by atoms with Crippen LogP contribution in [0.3, 0.4) is 0 Å². The van der Waals surface area contributed by atoms with Gasteiger partial charge in [-0.25, -0.2) is 26.7 Å². The Morgan fingerprint density at radius 3 is 2.49 bits per heavy atom. The molecule has 0 fully saturated rings. The first kappa shape index (κ1) is 25.9. The Hall–Kier alpha value is -3.74. The number of aliphatic hydroxyl groups is 1. The van der Waals surface area contributed by atoms with Gasteiger partial charge >= 0.3 is 5.69 Å². The number of ether oxygens (including phenoxy) is 1. The van der Waals surface area contributed by atoms with Crippen LogP contribution in [-0.4, -0.2) is 44.6 Å². The number of aliphatic hydroxyl groups excluding tert-OH is 1. The summed E-state index contributed by atoms with van der Waals surface area (Å²) in [4.78, 5) is 25.5. The van der Waals surface area contributed by atoms with Crippen molar-refractivity contribution < 1.29 is 36.6 Å². The molecule has 13 heteroatoms. The number of carbonyl (C=O) groups is 1. The van der Waals surface area contributed by atoms with Crippen molar-refractivity contribution in [2.75, 3.05) is 12.0 Å². The van der Waals surface area contributed by atoms with Gasteiger partial charge in [0, 0.05) is 12.6 Å². The van der Waals surface area contributed by atoms with Crippen LogP contribution < -0.4 is 15.7 Å².